The number of carbonyl (C=O) groups is 1. The summed E-state index contributed by atoms with van der Waals surface area (Å²) in [4.78, 5) is 13.3. The number of fused-ring (bicyclic) bond motifs is 1. The Hall–Kier alpha value is -3.06. The summed E-state index contributed by atoms with van der Waals surface area (Å²) < 4.78 is 33.2. The highest BCUT2D eigenvalue weighted by atomic mass is 19.1. The highest BCUT2D eigenvalue weighted by Gasteiger charge is 2.28. The molecule has 38 heavy (non-hydrogen) atoms. The molecule has 204 valence electrons. The van der Waals surface area contributed by atoms with E-state index in [2.05, 4.69) is 67.8 Å². The number of hydrogen-bond acceptors (Lipinski definition) is 4. The summed E-state index contributed by atoms with van der Waals surface area (Å²) in [5, 5.41) is 10.5. The van der Waals surface area contributed by atoms with Crippen LogP contribution in [0.4, 0.5) is 14.6 Å². The molecule has 2 unspecified atom stereocenters. The average molecular weight is 524 g/mol. The summed E-state index contributed by atoms with van der Waals surface area (Å²) in [5.41, 5.74) is 4.70. The summed E-state index contributed by atoms with van der Waals surface area (Å²) in [7, 11) is 0. The number of hydrogen-bond donors (Lipinski definition) is 2. The molecule has 2 N–H and O–H groups in total. The summed E-state index contributed by atoms with van der Waals surface area (Å²) >= 11 is 0. The monoisotopic (exact) mass is 523 g/mol. The van der Waals surface area contributed by atoms with Crippen LogP contribution in [0, 0.1) is 11.6 Å². The molecule has 1 aliphatic rings. The number of aromatic nitrogens is 1. The van der Waals surface area contributed by atoms with Gasteiger partial charge in [0.1, 0.15) is 17.9 Å². The number of benzene rings is 2. The van der Waals surface area contributed by atoms with Crippen molar-refractivity contribution in [1.29, 1.82) is 0 Å². The SMILES string of the molecule is CCC[C@H](NC1CCc2cc(F)cc(F)c2C1)C(=O)Nc1nocc1C(C)Cc1ccc(C(C)(C)C)cc1. The molecular weight excluding hydrogens is 484 g/mol. The van der Waals surface area contributed by atoms with Crippen molar-refractivity contribution in [2.45, 2.75) is 96.6 Å². The number of carbonyl (C=O) groups excluding carboxylic acids is 1. The molecular formula is C31H39F2N3O2. The van der Waals surface area contributed by atoms with Gasteiger partial charge >= 0.3 is 0 Å². The van der Waals surface area contributed by atoms with Gasteiger partial charge in [0, 0.05) is 17.7 Å². The van der Waals surface area contributed by atoms with Gasteiger partial charge in [0.15, 0.2) is 5.82 Å². The van der Waals surface area contributed by atoms with E-state index in [1.807, 2.05) is 6.92 Å². The Labute approximate surface area is 224 Å². The molecule has 3 aromatic rings. The Morgan fingerprint density at radius 2 is 1.92 bits per heavy atom. The van der Waals surface area contributed by atoms with Crippen molar-refractivity contribution in [3.63, 3.8) is 0 Å². The van der Waals surface area contributed by atoms with Gasteiger partial charge < -0.3 is 15.2 Å². The summed E-state index contributed by atoms with van der Waals surface area (Å²) in [6.45, 7) is 10.7. The smallest absolute Gasteiger partial charge is 0.242 e. The quantitative estimate of drug-likeness (QED) is 0.322. The Kier molecular flexibility index (Phi) is 8.66. The molecule has 3 atom stereocenters. The number of nitrogens with one attached hydrogen (secondary N) is 2. The third-order valence-electron chi connectivity index (χ3n) is 7.53. The minimum absolute atomic E-state index is 0.0727. The van der Waals surface area contributed by atoms with Gasteiger partial charge in [-0.05, 0) is 71.8 Å². The molecule has 0 saturated carbocycles. The fourth-order valence-corrected chi connectivity index (χ4v) is 5.29. The van der Waals surface area contributed by atoms with Gasteiger partial charge in [-0.25, -0.2) is 8.78 Å². The van der Waals surface area contributed by atoms with E-state index in [9.17, 15) is 13.6 Å². The highest BCUT2D eigenvalue weighted by Crippen LogP contribution is 2.29. The van der Waals surface area contributed by atoms with Crippen molar-refractivity contribution < 1.29 is 18.1 Å². The second-order valence-electron chi connectivity index (χ2n) is 11.6. The van der Waals surface area contributed by atoms with Gasteiger partial charge in [-0.1, -0.05) is 70.5 Å². The Morgan fingerprint density at radius 3 is 2.61 bits per heavy atom. The summed E-state index contributed by atoms with van der Waals surface area (Å²) in [6, 6.07) is 10.5. The van der Waals surface area contributed by atoms with E-state index in [0.717, 1.165) is 24.5 Å². The Balaban J connectivity index is 1.40. The maximum absolute atomic E-state index is 14.4. The van der Waals surface area contributed by atoms with Crippen LogP contribution >= 0.6 is 0 Å². The molecule has 1 amide bonds. The van der Waals surface area contributed by atoms with E-state index < -0.39 is 17.7 Å². The maximum atomic E-state index is 14.4. The normalized spacial score (nSPS) is 17.1. The first-order chi connectivity index (χ1) is 18.0. The largest absolute Gasteiger partial charge is 0.362 e. The maximum Gasteiger partial charge on any atom is 0.242 e. The van der Waals surface area contributed by atoms with Crippen molar-refractivity contribution in [1.82, 2.24) is 10.5 Å². The molecule has 1 aromatic heterocycles. The van der Waals surface area contributed by atoms with Crippen molar-refractivity contribution >= 4 is 11.7 Å². The van der Waals surface area contributed by atoms with Crippen LogP contribution < -0.4 is 10.6 Å². The third kappa shape index (κ3) is 6.68. The van der Waals surface area contributed by atoms with Crippen LogP contribution in [0.15, 0.2) is 47.2 Å². The number of rotatable bonds is 9. The number of anilines is 1. The molecule has 4 rings (SSSR count). The summed E-state index contributed by atoms with van der Waals surface area (Å²) in [5.74, 6) is -0.720. The first kappa shape index (κ1) is 28.0. The van der Waals surface area contributed by atoms with Gasteiger partial charge in [-0.2, -0.15) is 0 Å². The Bertz CT molecular complexity index is 1250. The number of amides is 1. The first-order valence-electron chi connectivity index (χ1n) is 13.6. The lowest BCUT2D eigenvalue weighted by Crippen LogP contribution is -2.48. The second-order valence-corrected chi connectivity index (χ2v) is 11.6. The van der Waals surface area contributed by atoms with Crippen LogP contribution in [-0.4, -0.2) is 23.1 Å². The van der Waals surface area contributed by atoms with Gasteiger partial charge in [-0.15, -0.1) is 0 Å². The lowest BCUT2D eigenvalue weighted by molar-refractivity contribution is -0.118. The number of aryl methyl sites for hydroxylation is 1. The lowest BCUT2D eigenvalue weighted by Gasteiger charge is -2.29. The molecule has 1 aliphatic carbocycles. The molecule has 7 heteroatoms. The van der Waals surface area contributed by atoms with Crippen LogP contribution in [-0.2, 0) is 29.5 Å². The molecule has 2 aromatic carbocycles. The predicted octanol–water partition coefficient (Wildman–Crippen LogP) is 6.85. The van der Waals surface area contributed by atoms with E-state index >= 15 is 0 Å². The minimum atomic E-state index is -0.546. The zero-order valence-electron chi connectivity index (χ0n) is 23.0. The fraction of sp³-hybridized carbons (Fsp3) is 0.484. The predicted molar refractivity (Wildman–Crippen MR) is 146 cm³/mol. The van der Waals surface area contributed by atoms with Crippen molar-refractivity contribution in [3.05, 3.63) is 82.1 Å². The van der Waals surface area contributed by atoms with Crippen molar-refractivity contribution in [2.75, 3.05) is 5.32 Å². The van der Waals surface area contributed by atoms with Crippen LogP contribution in [0.3, 0.4) is 0 Å². The van der Waals surface area contributed by atoms with E-state index in [1.165, 1.54) is 17.2 Å². The van der Waals surface area contributed by atoms with Crippen LogP contribution in [0.25, 0.3) is 0 Å². The lowest BCUT2D eigenvalue weighted by atomic mass is 9.86. The average Bonchev–Trinajstić information content (AvgIpc) is 3.32. The molecule has 0 saturated heterocycles. The van der Waals surface area contributed by atoms with Crippen LogP contribution in [0.5, 0.6) is 0 Å². The van der Waals surface area contributed by atoms with Gasteiger partial charge in [0.05, 0.1) is 6.04 Å². The zero-order chi connectivity index (χ0) is 27.4. The van der Waals surface area contributed by atoms with E-state index in [0.29, 0.717) is 42.6 Å². The molecule has 1 heterocycles. The molecule has 0 aliphatic heterocycles. The zero-order valence-corrected chi connectivity index (χ0v) is 23.0. The van der Waals surface area contributed by atoms with Crippen molar-refractivity contribution in [2.24, 2.45) is 0 Å². The Morgan fingerprint density at radius 1 is 1.18 bits per heavy atom. The molecule has 0 bridgehead atoms. The van der Waals surface area contributed by atoms with Gasteiger partial charge in [-0.3, -0.25) is 4.79 Å². The number of nitrogens with zero attached hydrogens (tertiary/aromatic N) is 1. The van der Waals surface area contributed by atoms with E-state index in [4.69, 9.17) is 4.52 Å². The molecule has 0 spiro atoms. The van der Waals surface area contributed by atoms with Gasteiger partial charge in [0.25, 0.3) is 0 Å². The van der Waals surface area contributed by atoms with Crippen LogP contribution in [0.1, 0.15) is 87.6 Å². The van der Waals surface area contributed by atoms with E-state index in [-0.39, 0.29) is 23.3 Å². The first-order valence-corrected chi connectivity index (χ1v) is 13.6. The van der Waals surface area contributed by atoms with E-state index in [1.54, 1.807) is 6.26 Å². The highest BCUT2D eigenvalue weighted by molar-refractivity contribution is 5.94. The van der Waals surface area contributed by atoms with Gasteiger partial charge in [0.2, 0.25) is 5.91 Å². The summed E-state index contributed by atoms with van der Waals surface area (Å²) in [6.07, 6.45) is 5.54. The van der Waals surface area contributed by atoms with Crippen molar-refractivity contribution in [3.8, 4) is 0 Å². The topological polar surface area (TPSA) is 67.2 Å². The fourth-order valence-electron chi connectivity index (χ4n) is 5.29. The third-order valence-corrected chi connectivity index (χ3v) is 7.53. The molecule has 0 fully saturated rings. The molecule has 0 radical (unpaired) electrons. The number of halogens is 2. The molecule has 5 nitrogen and oxygen atoms in total. The standard InChI is InChI=1S/C31H39F2N3O2/c1-6-7-28(34-24-13-10-21-15-23(32)16-27(33)25(21)17-24)30(37)35-29-26(18-38-36-29)19(2)14-20-8-11-22(12-9-20)31(3,4)5/h8-9,11-12,15-16,18-19,24,28,34H,6-7,10,13-14,17H2,1-5H3,(H,35,36,37)/t19?,24?,28-/m0/s1. The minimum Gasteiger partial charge on any atom is -0.362 e. The second kappa shape index (κ2) is 11.8. The van der Waals surface area contributed by atoms with Crippen LogP contribution in [0.2, 0.25) is 0 Å².